The maximum atomic E-state index is 12.6. The highest BCUT2D eigenvalue weighted by Gasteiger charge is 2.53. The molecule has 0 saturated heterocycles. The standard InChI is InChI=1S/C9H15F3N4O/c1-4-16(5-2)7-14-6(17-15-7)8(3,13)9(10,11)12/h4-5,13H2,1-3H3. The van der Waals surface area contributed by atoms with E-state index in [1.54, 1.807) is 4.90 Å². The number of aromatic nitrogens is 2. The number of nitrogens with two attached hydrogens (primary N) is 1. The number of hydrogen-bond acceptors (Lipinski definition) is 5. The summed E-state index contributed by atoms with van der Waals surface area (Å²) in [5, 5.41) is 3.50. The quantitative estimate of drug-likeness (QED) is 0.882. The van der Waals surface area contributed by atoms with Gasteiger partial charge in [0, 0.05) is 13.1 Å². The SMILES string of the molecule is CCN(CC)c1noc(C(C)(N)C(F)(F)F)n1. The normalized spacial score (nSPS) is 15.7. The molecule has 98 valence electrons. The van der Waals surface area contributed by atoms with Crippen molar-refractivity contribution in [1.82, 2.24) is 10.1 Å². The average molecular weight is 252 g/mol. The van der Waals surface area contributed by atoms with Crippen LogP contribution in [0.2, 0.25) is 0 Å². The second-order valence-electron chi connectivity index (χ2n) is 3.77. The molecule has 0 aliphatic heterocycles. The van der Waals surface area contributed by atoms with Crippen molar-refractivity contribution < 1.29 is 17.7 Å². The van der Waals surface area contributed by atoms with Crippen molar-refractivity contribution in [1.29, 1.82) is 0 Å². The molecule has 8 heteroatoms. The zero-order valence-electron chi connectivity index (χ0n) is 9.88. The van der Waals surface area contributed by atoms with Gasteiger partial charge in [0.15, 0.2) is 5.54 Å². The van der Waals surface area contributed by atoms with Crippen LogP contribution in [0, 0.1) is 0 Å². The lowest BCUT2D eigenvalue weighted by Gasteiger charge is -2.23. The second-order valence-corrected chi connectivity index (χ2v) is 3.77. The summed E-state index contributed by atoms with van der Waals surface area (Å²) in [5.41, 5.74) is 2.54. The van der Waals surface area contributed by atoms with E-state index >= 15 is 0 Å². The smallest absolute Gasteiger partial charge is 0.339 e. The molecule has 1 rings (SSSR count). The Morgan fingerprint density at radius 3 is 2.24 bits per heavy atom. The van der Waals surface area contributed by atoms with Gasteiger partial charge in [0.1, 0.15) is 0 Å². The fourth-order valence-electron chi connectivity index (χ4n) is 1.18. The van der Waals surface area contributed by atoms with Crippen LogP contribution in [0.25, 0.3) is 0 Å². The van der Waals surface area contributed by atoms with Crippen LogP contribution in [0.1, 0.15) is 26.7 Å². The van der Waals surface area contributed by atoms with Crippen molar-refractivity contribution in [2.45, 2.75) is 32.5 Å². The van der Waals surface area contributed by atoms with Gasteiger partial charge in [-0.1, -0.05) is 0 Å². The zero-order valence-corrected chi connectivity index (χ0v) is 9.88. The molecule has 0 radical (unpaired) electrons. The van der Waals surface area contributed by atoms with E-state index in [1.165, 1.54) is 0 Å². The zero-order chi connectivity index (χ0) is 13.3. The molecule has 2 N–H and O–H groups in total. The average Bonchev–Trinajstić information content (AvgIpc) is 2.67. The molecule has 0 aromatic carbocycles. The first-order valence-electron chi connectivity index (χ1n) is 5.18. The van der Waals surface area contributed by atoms with Crippen molar-refractivity contribution in [2.24, 2.45) is 5.73 Å². The van der Waals surface area contributed by atoms with Crippen LogP contribution in [0.15, 0.2) is 4.52 Å². The van der Waals surface area contributed by atoms with Crippen molar-refractivity contribution in [3.63, 3.8) is 0 Å². The van der Waals surface area contributed by atoms with Crippen LogP contribution < -0.4 is 10.6 Å². The summed E-state index contributed by atoms with van der Waals surface area (Å²) in [4.78, 5) is 5.36. The molecule has 0 spiro atoms. The first kappa shape index (κ1) is 13.8. The Labute approximate surface area is 96.8 Å². The maximum absolute atomic E-state index is 12.6. The van der Waals surface area contributed by atoms with Crippen LogP contribution in [0.3, 0.4) is 0 Å². The van der Waals surface area contributed by atoms with Crippen molar-refractivity contribution in [2.75, 3.05) is 18.0 Å². The summed E-state index contributed by atoms with van der Waals surface area (Å²) in [5.74, 6) is -0.516. The third kappa shape index (κ3) is 2.51. The molecule has 0 aliphatic rings. The summed E-state index contributed by atoms with van der Waals surface area (Å²) < 4.78 is 42.5. The van der Waals surface area contributed by atoms with Gasteiger partial charge in [-0.2, -0.15) is 18.2 Å². The Morgan fingerprint density at radius 1 is 1.29 bits per heavy atom. The van der Waals surface area contributed by atoms with E-state index in [9.17, 15) is 13.2 Å². The lowest BCUT2D eigenvalue weighted by molar-refractivity contribution is -0.190. The van der Waals surface area contributed by atoms with Gasteiger partial charge in [-0.05, 0) is 25.9 Å². The van der Waals surface area contributed by atoms with E-state index < -0.39 is 17.6 Å². The molecular weight excluding hydrogens is 237 g/mol. The molecule has 0 fully saturated rings. The number of halogens is 3. The molecule has 0 bridgehead atoms. The maximum Gasteiger partial charge on any atom is 0.415 e. The van der Waals surface area contributed by atoms with Crippen molar-refractivity contribution in [3.8, 4) is 0 Å². The third-order valence-corrected chi connectivity index (χ3v) is 2.49. The van der Waals surface area contributed by atoms with Gasteiger partial charge in [0.05, 0.1) is 0 Å². The summed E-state index contributed by atoms with van der Waals surface area (Å²) in [6, 6.07) is 0. The lowest BCUT2D eigenvalue weighted by atomic mass is 10.0. The number of anilines is 1. The van der Waals surface area contributed by atoms with Crippen LogP contribution in [-0.4, -0.2) is 29.4 Å². The molecule has 1 aromatic heterocycles. The fraction of sp³-hybridized carbons (Fsp3) is 0.778. The Bertz CT molecular complexity index is 371. The lowest BCUT2D eigenvalue weighted by Crippen LogP contribution is -2.48. The number of nitrogens with zero attached hydrogens (tertiary/aromatic N) is 3. The summed E-state index contributed by atoms with van der Waals surface area (Å²) in [7, 11) is 0. The van der Waals surface area contributed by atoms with E-state index in [-0.39, 0.29) is 5.95 Å². The van der Waals surface area contributed by atoms with Gasteiger partial charge in [0.2, 0.25) is 0 Å². The third-order valence-electron chi connectivity index (χ3n) is 2.49. The highest BCUT2D eigenvalue weighted by Crippen LogP contribution is 2.35. The van der Waals surface area contributed by atoms with Gasteiger partial charge >= 0.3 is 6.18 Å². The van der Waals surface area contributed by atoms with E-state index in [4.69, 9.17) is 5.73 Å². The predicted molar refractivity (Wildman–Crippen MR) is 55.5 cm³/mol. The topological polar surface area (TPSA) is 68.2 Å². The molecule has 17 heavy (non-hydrogen) atoms. The molecule has 1 aromatic rings. The Hall–Kier alpha value is -1.31. The first-order chi connectivity index (χ1) is 7.74. The van der Waals surface area contributed by atoms with E-state index in [0.717, 1.165) is 6.92 Å². The number of hydrogen-bond donors (Lipinski definition) is 1. The first-order valence-corrected chi connectivity index (χ1v) is 5.18. The van der Waals surface area contributed by atoms with Gasteiger partial charge in [0.25, 0.3) is 11.8 Å². The minimum Gasteiger partial charge on any atom is -0.339 e. The molecule has 1 heterocycles. The van der Waals surface area contributed by atoms with E-state index in [0.29, 0.717) is 13.1 Å². The van der Waals surface area contributed by atoms with Crippen LogP contribution >= 0.6 is 0 Å². The Balaban J connectivity index is 3.03. The Morgan fingerprint density at radius 2 is 1.82 bits per heavy atom. The fourth-order valence-corrected chi connectivity index (χ4v) is 1.18. The molecule has 1 unspecified atom stereocenters. The largest absolute Gasteiger partial charge is 0.415 e. The predicted octanol–water partition coefficient (Wildman–Crippen LogP) is 1.65. The van der Waals surface area contributed by atoms with Crippen molar-refractivity contribution >= 4 is 5.95 Å². The van der Waals surface area contributed by atoms with Gasteiger partial charge in [-0.3, -0.25) is 0 Å². The van der Waals surface area contributed by atoms with Gasteiger partial charge in [-0.15, -0.1) is 0 Å². The second kappa shape index (κ2) is 4.52. The summed E-state index contributed by atoms with van der Waals surface area (Å²) >= 11 is 0. The van der Waals surface area contributed by atoms with Crippen LogP contribution in [-0.2, 0) is 5.54 Å². The van der Waals surface area contributed by atoms with Gasteiger partial charge < -0.3 is 15.2 Å². The monoisotopic (exact) mass is 252 g/mol. The Kier molecular flexibility index (Phi) is 3.65. The van der Waals surface area contributed by atoms with Crippen LogP contribution in [0.5, 0.6) is 0 Å². The number of alkyl halides is 3. The molecule has 0 saturated carbocycles. The molecular formula is C9H15F3N4O. The molecule has 0 amide bonds. The minimum atomic E-state index is -4.64. The van der Waals surface area contributed by atoms with Crippen LogP contribution in [0.4, 0.5) is 19.1 Å². The molecule has 5 nitrogen and oxygen atoms in total. The summed E-state index contributed by atoms with van der Waals surface area (Å²) in [6.07, 6.45) is -4.64. The molecule has 0 aliphatic carbocycles. The summed E-state index contributed by atoms with van der Waals surface area (Å²) in [6.45, 7) is 5.62. The van der Waals surface area contributed by atoms with Crippen molar-refractivity contribution in [3.05, 3.63) is 5.89 Å². The highest BCUT2D eigenvalue weighted by molar-refractivity contribution is 5.28. The number of rotatable bonds is 4. The minimum absolute atomic E-state index is 0.117. The molecule has 1 atom stereocenters. The van der Waals surface area contributed by atoms with Gasteiger partial charge in [-0.25, -0.2) is 0 Å². The van der Waals surface area contributed by atoms with E-state index in [1.807, 2.05) is 13.8 Å². The van der Waals surface area contributed by atoms with E-state index in [2.05, 4.69) is 14.7 Å². The highest BCUT2D eigenvalue weighted by atomic mass is 19.4.